The van der Waals surface area contributed by atoms with Gasteiger partial charge in [-0.05, 0) is 59.3 Å². The molecule has 0 bridgehead atoms. The van der Waals surface area contributed by atoms with E-state index < -0.39 is 0 Å². The van der Waals surface area contributed by atoms with Gasteiger partial charge in [0.1, 0.15) is 11.6 Å². The first-order chi connectivity index (χ1) is 8.19. The maximum Gasteiger partial charge on any atom is 0.134 e. The third-order valence-corrected chi connectivity index (χ3v) is 4.12. The molecule has 1 aromatic carbocycles. The van der Waals surface area contributed by atoms with E-state index in [0.29, 0.717) is 4.47 Å². The zero-order chi connectivity index (χ0) is 12.3. The molecule has 2 unspecified atom stereocenters. The second kappa shape index (κ2) is 5.85. The van der Waals surface area contributed by atoms with E-state index >= 15 is 0 Å². The van der Waals surface area contributed by atoms with Crippen molar-refractivity contribution in [3.63, 3.8) is 0 Å². The standard InChI is InChI=1S/C14H18BrFO/c1-2-10-4-3-5-12(8-10)17-14-7-6-11(16)9-13(14)15/h6-7,9-10,12H,2-5,8H2,1H3. The van der Waals surface area contributed by atoms with Gasteiger partial charge in [0, 0.05) is 0 Å². The van der Waals surface area contributed by atoms with Crippen LogP contribution in [0.2, 0.25) is 0 Å². The highest BCUT2D eigenvalue weighted by molar-refractivity contribution is 9.10. The lowest BCUT2D eigenvalue weighted by Gasteiger charge is -2.29. The topological polar surface area (TPSA) is 9.23 Å². The Morgan fingerprint density at radius 1 is 1.41 bits per heavy atom. The molecule has 0 aromatic heterocycles. The molecule has 17 heavy (non-hydrogen) atoms. The first-order valence-electron chi connectivity index (χ1n) is 6.30. The number of halogens is 2. The van der Waals surface area contributed by atoms with Crippen molar-refractivity contribution in [3.05, 3.63) is 28.5 Å². The Morgan fingerprint density at radius 2 is 2.24 bits per heavy atom. The molecule has 0 spiro atoms. The van der Waals surface area contributed by atoms with Crippen LogP contribution in [0.25, 0.3) is 0 Å². The summed E-state index contributed by atoms with van der Waals surface area (Å²) in [7, 11) is 0. The van der Waals surface area contributed by atoms with Crippen LogP contribution in [0.1, 0.15) is 39.0 Å². The molecule has 1 nitrogen and oxygen atoms in total. The van der Waals surface area contributed by atoms with E-state index in [9.17, 15) is 4.39 Å². The maximum absolute atomic E-state index is 13.0. The fourth-order valence-electron chi connectivity index (χ4n) is 2.47. The Kier molecular flexibility index (Phi) is 4.43. The van der Waals surface area contributed by atoms with Crippen molar-refractivity contribution in [1.29, 1.82) is 0 Å². The van der Waals surface area contributed by atoms with E-state index in [0.717, 1.165) is 24.5 Å². The molecule has 0 heterocycles. The fourth-order valence-corrected chi connectivity index (χ4v) is 2.91. The van der Waals surface area contributed by atoms with E-state index in [1.807, 2.05) is 0 Å². The lowest BCUT2D eigenvalue weighted by atomic mass is 9.85. The Hall–Kier alpha value is -0.570. The zero-order valence-corrected chi connectivity index (χ0v) is 11.7. The zero-order valence-electron chi connectivity index (χ0n) is 10.1. The number of ether oxygens (including phenoxy) is 1. The van der Waals surface area contributed by atoms with Crippen molar-refractivity contribution in [3.8, 4) is 5.75 Å². The highest BCUT2D eigenvalue weighted by Gasteiger charge is 2.22. The quantitative estimate of drug-likeness (QED) is 0.768. The molecule has 0 amide bonds. The molecular weight excluding hydrogens is 283 g/mol. The Morgan fingerprint density at radius 3 is 2.94 bits per heavy atom. The molecule has 3 heteroatoms. The Bertz CT molecular complexity index is 380. The largest absolute Gasteiger partial charge is 0.489 e. The molecule has 2 atom stereocenters. The van der Waals surface area contributed by atoms with E-state index in [-0.39, 0.29) is 11.9 Å². The molecule has 0 saturated heterocycles. The summed E-state index contributed by atoms with van der Waals surface area (Å²) in [5.41, 5.74) is 0. The normalized spacial score (nSPS) is 24.6. The fraction of sp³-hybridized carbons (Fsp3) is 0.571. The molecule has 1 aliphatic carbocycles. The van der Waals surface area contributed by atoms with Gasteiger partial charge >= 0.3 is 0 Å². The van der Waals surface area contributed by atoms with E-state index in [1.165, 1.54) is 31.4 Å². The Balaban J connectivity index is 2.00. The van der Waals surface area contributed by atoms with Gasteiger partial charge in [-0.3, -0.25) is 0 Å². The second-order valence-corrected chi connectivity index (χ2v) is 5.61. The van der Waals surface area contributed by atoms with Gasteiger partial charge in [-0.2, -0.15) is 0 Å². The van der Waals surface area contributed by atoms with Crippen LogP contribution in [0, 0.1) is 11.7 Å². The first-order valence-corrected chi connectivity index (χ1v) is 7.10. The predicted octanol–water partition coefficient (Wildman–Crippen LogP) is 4.94. The van der Waals surface area contributed by atoms with Crippen LogP contribution in [-0.4, -0.2) is 6.10 Å². The molecule has 1 aliphatic rings. The SMILES string of the molecule is CCC1CCCC(Oc2ccc(F)cc2Br)C1. The summed E-state index contributed by atoms with van der Waals surface area (Å²) in [4.78, 5) is 0. The van der Waals surface area contributed by atoms with Crippen LogP contribution in [0.5, 0.6) is 5.75 Å². The number of hydrogen-bond acceptors (Lipinski definition) is 1. The molecule has 0 N–H and O–H groups in total. The van der Waals surface area contributed by atoms with E-state index in [4.69, 9.17) is 4.74 Å². The van der Waals surface area contributed by atoms with Crippen LogP contribution in [0.3, 0.4) is 0 Å². The van der Waals surface area contributed by atoms with Crippen molar-refractivity contribution in [2.45, 2.75) is 45.1 Å². The van der Waals surface area contributed by atoms with Gasteiger partial charge in [0.15, 0.2) is 0 Å². The smallest absolute Gasteiger partial charge is 0.134 e. The summed E-state index contributed by atoms with van der Waals surface area (Å²) in [6.45, 7) is 2.24. The van der Waals surface area contributed by atoms with Gasteiger partial charge in [0.25, 0.3) is 0 Å². The second-order valence-electron chi connectivity index (χ2n) is 4.76. The van der Waals surface area contributed by atoms with Crippen LogP contribution in [0.4, 0.5) is 4.39 Å². The van der Waals surface area contributed by atoms with E-state index in [2.05, 4.69) is 22.9 Å². The Labute approximate surface area is 110 Å². The van der Waals surface area contributed by atoms with Gasteiger partial charge in [-0.15, -0.1) is 0 Å². The van der Waals surface area contributed by atoms with Crippen LogP contribution in [-0.2, 0) is 0 Å². The lowest BCUT2D eigenvalue weighted by Crippen LogP contribution is -2.25. The van der Waals surface area contributed by atoms with Gasteiger partial charge in [-0.25, -0.2) is 4.39 Å². The molecule has 0 radical (unpaired) electrons. The van der Waals surface area contributed by atoms with Gasteiger partial charge in [0.05, 0.1) is 10.6 Å². The maximum atomic E-state index is 13.0. The van der Waals surface area contributed by atoms with Crippen molar-refractivity contribution >= 4 is 15.9 Å². The van der Waals surface area contributed by atoms with Gasteiger partial charge in [0.2, 0.25) is 0 Å². The molecule has 2 rings (SSSR count). The van der Waals surface area contributed by atoms with Crippen LogP contribution >= 0.6 is 15.9 Å². The first kappa shape index (κ1) is 12.9. The summed E-state index contributed by atoms with van der Waals surface area (Å²) < 4.78 is 19.6. The number of rotatable bonds is 3. The highest BCUT2D eigenvalue weighted by atomic mass is 79.9. The average Bonchev–Trinajstić information content (AvgIpc) is 2.33. The van der Waals surface area contributed by atoms with Gasteiger partial charge in [-0.1, -0.05) is 19.8 Å². The molecule has 1 aromatic rings. The van der Waals surface area contributed by atoms with Crippen molar-refractivity contribution in [1.82, 2.24) is 0 Å². The van der Waals surface area contributed by atoms with Crippen molar-refractivity contribution in [2.24, 2.45) is 5.92 Å². The molecular formula is C14H18BrFO. The minimum atomic E-state index is -0.237. The minimum Gasteiger partial charge on any atom is -0.489 e. The average molecular weight is 301 g/mol. The van der Waals surface area contributed by atoms with E-state index in [1.54, 1.807) is 6.07 Å². The molecule has 94 valence electrons. The van der Waals surface area contributed by atoms with Crippen molar-refractivity contribution in [2.75, 3.05) is 0 Å². The van der Waals surface area contributed by atoms with Crippen LogP contribution in [0.15, 0.2) is 22.7 Å². The molecule has 0 aliphatic heterocycles. The summed E-state index contributed by atoms with van der Waals surface area (Å²) in [5, 5.41) is 0. The predicted molar refractivity (Wildman–Crippen MR) is 70.8 cm³/mol. The third-order valence-electron chi connectivity index (χ3n) is 3.50. The summed E-state index contributed by atoms with van der Waals surface area (Å²) in [6, 6.07) is 4.60. The highest BCUT2D eigenvalue weighted by Crippen LogP contribution is 2.32. The number of hydrogen-bond donors (Lipinski definition) is 0. The summed E-state index contributed by atoms with van der Waals surface area (Å²) >= 11 is 3.34. The molecule has 1 fully saturated rings. The lowest BCUT2D eigenvalue weighted by molar-refractivity contribution is 0.121. The molecule has 1 saturated carbocycles. The third kappa shape index (κ3) is 3.44. The van der Waals surface area contributed by atoms with Gasteiger partial charge < -0.3 is 4.74 Å². The monoisotopic (exact) mass is 300 g/mol. The minimum absolute atomic E-state index is 0.237. The number of benzene rings is 1. The van der Waals surface area contributed by atoms with Crippen molar-refractivity contribution < 1.29 is 9.13 Å². The van der Waals surface area contributed by atoms with Crippen LogP contribution < -0.4 is 4.74 Å². The summed E-state index contributed by atoms with van der Waals surface area (Å²) in [6.07, 6.45) is 6.31. The summed E-state index contributed by atoms with van der Waals surface area (Å²) in [5.74, 6) is 1.31.